The van der Waals surface area contributed by atoms with Crippen LogP contribution in [0.4, 0.5) is 0 Å². The van der Waals surface area contributed by atoms with Crippen LogP contribution in [0, 0.1) is 5.92 Å². The summed E-state index contributed by atoms with van der Waals surface area (Å²) in [4.78, 5) is 13.5. The van der Waals surface area contributed by atoms with E-state index in [-0.39, 0.29) is 11.8 Å². The van der Waals surface area contributed by atoms with Crippen molar-refractivity contribution < 1.29 is 4.79 Å². The van der Waals surface area contributed by atoms with Crippen LogP contribution < -0.4 is 0 Å². The molecular weight excluding hydrogens is 182 g/mol. The van der Waals surface area contributed by atoms with Crippen molar-refractivity contribution in [2.75, 3.05) is 19.1 Å². The number of carbonyl (C=O) groups excluding carboxylic acids is 1. The molecule has 3 heteroatoms. The van der Waals surface area contributed by atoms with Gasteiger partial charge >= 0.3 is 0 Å². The van der Waals surface area contributed by atoms with Crippen molar-refractivity contribution in [3.8, 4) is 0 Å². The number of thioether (sulfide) groups is 1. The fourth-order valence-electron chi connectivity index (χ4n) is 1.28. The summed E-state index contributed by atoms with van der Waals surface area (Å²) in [6.45, 7) is 6.03. The van der Waals surface area contributed by atoms with Crippen LogP contribution >= 0.6 is 11.8 Å². The average Bonchev–Trinajstić information content (AvgIpc) is 2.11. The number of carbonyl (C=O) groups is 1. The van der Waals surface area contributed by atoms with E-state index in [1.165, 1.54) is 0 Å². The second-order valence-electron chi connectivity index (χ2n) is 3.62. The predicted octanol–water partition coefficient (Wildman–Crippen LogP) is 2.24. The Kier molecular flexibility index (Phi) is 6.21. The molecule has 1 atom stereocenters. The summed E-state index contributed by atoms with van der Waals surface area (Å²) in [5.41, 5.74) is 0. The molecule has 1 amide bonds. The van der Waals surface area contributed by atoms with Gasteiger partial charge in [0.25, 0.3) is 0 Å². The van der Waals surface area contributed by atoms with Crippen LogP contribution in [-0.2, 0) is 4.79 Å². The van der Waals surface area contributed by atoms with Crippen molar-refractivity contribution in [3.63, 3.8) is 0 Å². The number of nitrogens with zero attached hydrogens (tertiary/aromatic N) is 1. The molecule has 1 unspecified atom stereocenters. The van der Waals surface area contributed by atoms with E-state index in [9.17, 15) is 4.79 Å². The highest BCUT2D eigenvalue weighted by Gasteiger charge is 2.19. The van der Waals surface area contributed by atoms with Gasteiger partial charge in [-0.25, -0.2) is 0 Å². The van der Waals surface area contributed by atoms with Gasteiger partial charge < -0.3 is 4.90 Å². The standard InChI is InChI=1S/C10H21NOS/c1-6-9(7-13-5)11(4)10(12)8(2)3/h8-9H,6-7H2,1-5H3. The lowest BCUT2D eigenvalue weighted by atomic mass is 10.1. The second kappa shape index (κ2) is 6.30. The molecule has 2 nitrogen and oxygen atoms in total. The maximum absolute atomic E-state index is 11.6. The van der Waals surface area contributed by atoms with Gasteiger partial charge in [0.15, 0.2) is 0 Å². The zero-order valence-corrected chi connectivity index (χ0v) is 10.1. The van der Waals surface area contributed by atoms with Gasteiger partial charge in [0.2, 0.25) is 5.91 Å². The molecule has 0 radical (unpaired) electrons. The molecule has 0 aliphatic heterocycles. The fraction of sp³-hybridized carbons (Fsp3) is 0.900. The molecule has 0 saturated heterocycles. The zero-order valence-electron chi connectivity index (χ0n) is 9.33. The molecule has 0 fully saturated rings. The minimum Gasteiger partial charge on any atom is -0.342 e. The smallest absolute Gasteiger partial charge is 0.225 e. The summed E-state index contributed by atoms with van der Waals surface area (Å²) in [6, 6.07) is 0.393. The van der Waals surface area contributed by atoms with Crippen molar-refractivity contribution in [1.29, 1.82) is 0 Å². The van der Waals surface area contributed by atoms with Crippen molar-refractivity contribution in [2.24, 2.45) is 5.92 Å². The fourth-order valence-corrected chi connectivity index (χ4v) is 2.13. The van der Waals surface area contributed by atoms with Crippen molar-refractivity contribution in [1.82, 2.24) is 4.90 Å². The maximum Gasteiger partial charge on any atom is 0.225 e. The summed E-state index contributed by atoms with van der Waals surface area (Å²) in [7, 11) is 1.91. The first-order valence-corrected chi connectivity index (χ1v) is 6.19. The zero-order chi connectivity index (χ0) is 10.4. The minimum atomic E-state index is 0.112. The normalized spacial score (nSPS) is 13.1. The van der Waals surface area contributed by atoms with Gasteiger partial charge in [0, 0.05) is 24.8 Å². The molecule has 0 N–H and O–H groups in total. The van der Waals surface area contributed by atoms with Gasteiger partial charge in [-0.1, -0.05) is 20.8 Å². The number of rotatable bonds is 5. The summed E-state index contributed by atoms with van der Waals surface area (Å²) in [5.74, 6) is 1.40. The molecule has 13 heavy (non-hydrogen) atoms. The van der Waals surface area contributed by atoms with Crippen LogP contribution in [0.25, 0.3) is 0 Å². The molecule has 0 aliphatic carbocycles. The first kappa shape index (κ1) is 12.8. The van der Waals surface area contributed by atoms with Crippen LogP contribution in [0.2, 0.25) is 0 Å². The third-order valence-electron chi connectivity index (χ3n) is 2.22. The van der Waals surface area contributed by atoms with E-state index in [4.69, 9.17) is 0 Å². The van der Waals surface area contributed by atoms with Crippen molar-refractivity contribution in [3.05, 3.63) is 0 Å². The topological polar surface area (TPSA) is 20.3 Å². The van der Waals surface area contributed by atoms with Crippen molar-refractivity contribution >= 4 is 17.7 Å². The van der Waals surface area contributed by atoms with Crippen LogP contribution in [0.15, 0.2) is 0 Å². The van der Waals surface area contributed by atoms with Gasteiger partial charge in [0.1, 0.15) is 0 Å². The van der Waals surface area contributed by atoms with Gasteiger partial charge in [-0.3, -0.25) is 4.79 Å². The lowest BCUT2D eigenvalue weighted by Gasteiger charge is -2.28. The molecule has 0 spiro atoms. The third-order valence-corrected chi connectivity index (χ3v) is 2.94. The van der Waals surface area contributed by atoms with Crippen LogP contribution in [-0.4, -0.2) is 35.9 Å². The first-order chi connectivity index (χ1) is 6.04. The lowest BCUT2D eigenvalue weighted by molar-refractivity contribution is -0.134. The van der Waals surface area contributed by atoms with E-state index in [1.54, 1.807) is 11.8 Å². The maximum atomic E-state index is 11.6. The highest BCUT2D eigenvalue weighted by molar-refractivity contribution is 7.98. The van der Waals surface area contributed by atoms with Gasteiger partial charge in [-0.05, 0) is 12.7 Å². The summed E-state index contributed by atoms with van der Waals surface area (Å²) in [5, 5.41) is 0. The van der Waals surface area contributed by atoms with Gasteiger partial charge in [-0.15, -0.1) is 0 Å². The summed E-state index contributed by atoms with van der Waals surface area (Å²) < 4.78 is 0. The summed E-state index contributed by atoms with van der Waals surface area (Å²) >= 11 is 1.80. The molecule has 0 heterocycles. The minimum absolute atomic E-state index is 0.112. The van der Waals surface area contributed by atoms with E-state index >= 15 is 0 Å². The Bertz CT molecular complexity index is 159. The molecule has 0 rings (SSSR count). The van der Waals surface area contributed by atoms with E-state index in [1.807, 2.05) is 25.8 Å². The average molecular weight is 203 g/mol. The molecule has 0 bridgehead atoms. The van der Waals surface area contributed by atoms with Gasteiger partial charge in [0.05, 0.1) is 0 Å². The van der Waals surface area contributed by atoms with E-state index in [2.05, 4.69) is 13.2 Å². The number of hydrogen-bond donors (Lipinski definition) is 0. The molecule has 0 aromatic carbocycles. The van der Waals surface area contributed by atoms with Crippen LogP contribution in [0.3, 0.4) is 0 Å². The molecule has 0 aromatic rings. The molecular formula is C10H21NOS. The van der Waals surface area contributed by atoms with Crippen LogP contribution in [0.1, 0.15) is 27.2 Å². The Morgan fingerprint density at radius 1 is 1.46 bits per heavy atom. The third kappa shape index (κ3) is 4.03. The largest absolute Gasteiger partial charge is 0.342 e. The Morgan fingerprint density at radius 3 is 2.31 bits per heavy atom. The molecule has 0 aliphatic rings. The second-order valence-corrected chi connectivity index (χ2v) is 4.53. The number of amides is 1. The van der Waals surface area contributed by atoms with Crippen molar-refractivity contribution in [2.45, 2.75) is 33.2 Å². The highest BCUT2D eigenvalue weighted by atomic mass is 32.2. The Morgan fingerprint density at radius 2 is 2.00 bits per heavy atom. The first-order valence-electron chi connectivity index (χ1n) is 4.80. The molecule has 0 aromatic heterocycles. The summed E-state index contributed by atoms with van der Waals surface area (Å²) in [6.07, 6.45) is 3.12. The van der Waals surface area contributed by atoms with E-state index in [0.29, 0.717) is 6.04 Å². The SMILES string of the molecule is CCC(CSC)N(C)C(=O)C(C)C. The predicted molar refractivity (Wildman–Crippen MR) is 60.1 cm³/mol. The Hall–Kier alpha value is -0.180. The van der Waals surface area contributed by atoms with E-state index < -0.39 is 0 Å². The molecule has 78 valence electrons. The van der Waals surface area contributed by atoms with E-state index in [0.717, 1.165) is 12.2 Å². The number of hydrogen-bond acceptors (Lipinski definition) is 2. The monoisotopic (exact) mass is 203 g/mol. The Labute approximate surface area is 86.1 Å². The Balaban J connectivity index is 4.18. The lowest BCUT2D eigenvalue weighted by Crippen LogP contribution is -2.40. The highest BCUT2D eigenvalue weighted by Crippen LogP contribution is 2.11. The van der Waals surface area contributed by atoms with Gasteiger partial charge in [-0.2, -0.15) is 11.8 Å². The molecule has 0 saturated carbocycles. The quantitative estimate of drug-likeness (QED) is 0.683. The van der Waals surface area contributed by atoms with Crippen LogP contribution in [0.5, 0.6) is 0 Å².